The maximum absolute atomic E-state index is 12.8. The van der Waals surface area contributed by atoms with E-state index in [2.05, 4.69) is 4.72 Å². The zero-order valence-corrected chi connectivity index (χ0v) is 19.3. The smallest absolute Gasteiger partial charge is 0.416 e. The Morgan fingerprint density at radius 1 is 1.00 bits per heavy atom. The lowest BCUT2D eigenvalue weighted by molar-refractivity contribution is -0.142. The average Bonchev–Trinajstić information content (AvgIpc) is 2.82. The molecular weight excluding hydrogens is 471 g/mol. The second-order valence-corrected chi connectivity index (χ2v) is 9.98. The molecule has 0 heterocycles. The number of esters is 1. The molecule has 1 fully saturated rings. The number of Topliss-reactive ketones (excluding diaryl/α,β-unsaturated/α-hetero) is 1. The summed E-state index contributed by atoms with van der Waals surface area (Å²) in [7, 11) is -4.25. The molecule has 0 amide bonds. The summed E-state index contributed by atoms with van der Waals surface area (Å²) in [5, 5.41) is 0. The molecule has 1 aliphatic rings. The van der Waals surface area contributed by atoms with Crippen LogP contribution in [0.15, 0.2) is 53.4 Å². The van der Waals surface area contributed by atoms with Crippen molar-refractivity contribution >= 4 is 21.8 Å². The summed E-state index contributed by atoms with van der Waals surface area (Å²) in [6.07, 6.45) is 0.884. The molecule has 0 saturated heterocycles. The standard InChI is InChI=1S/C24H26F3NO5S/c25-24(26,27)20-7-4-8-21(15-20)34(31,32)28-14-13-23(30)33-16-22(29)19-11-9-18(10-12-19)17-5-2-1-3-6-17/h4,7-12,15,17,28H,1-3,5-6,13-14,16H2. The minimum absolute atomic E-state index is 0.381. The van der Waals surface area contributed by atoms with Crippen molar-refractivity contribution in [1.29, 1.82) is 0 Å². The number of benzene rings is 2. The summed E-state index contributed by atoms with van der Waals surface area (Å²) in [6.45, 7) is -0.871. The van der Waals surface area contributed by atoms with Crippen molar-refractivity contribution in [1.82, 2.24) is 4.72 Å². The van der Waals surface area contributed by atoms with Crippen molar-refractivity contribution in [2.24, 2.45) is 0 Å². The Balaban J connectivity index is 1.45. The number of ketones is 1. The predicted octanol–water partition coefficient (Wildman–Crippen LogP) is 4.85. The van der Waals surface area contributed by atoms with Crippen LogP contribution < -0.4 is 4.72 Å². The van der Waals surface area contributed by atoms with Gasteiger partial charge in [-0.25, -0.2) is 13.1 Å². The fraction of sp³-hybridized carbons (Fsp3) is 0.417. The zero-order chi connectivity index (χ0) is 24.8. The summed E-state index contributed by atoms with van der Waals surface area (Å²) in [6, 6.07) is 10.6. The van der Waals surface area contributed by atoms with Crippen LogP contribution in [0.4, 0.5) is 13.2 Å². The van der Waals surface area contributed by atoms with Crippen LogP contribution in [0.3, 0.4) is 0 Å². The molecule has 1 aliphatic carbocycles. The van der Waals surface area contributed by atoms with E-state index < -0.39 is 39.2 Å². The summed E-state index contributed by atoms with van der Waals surface area (Å²) in [5.74, 6) is -0.678. The van der Waals surface area contributed by atoms with Gasteiger partial charge in [-0.3, -0.25) is 9.59 Å². The van der Waals surface area contributed by atoms with Gasteiger partial charge in [0.2, 0.25) is 10.0 Å². The van der Waals surface area contributed by atoms with E-state index in [0.717, 1.165) is 31.0 Å². The number of hydrogen-bond donors (Lipinski definition) is 1. The normalized spacial score (nSPS) is 15.1. The first-order valence-electron chi connectivity index (χ1n) is 11.0. The summed E-state index contributed by atoms with van der Waals surface area (Å²) < 4.78 is 69.7. The predicted molar refractivity (Wildman–Crippen MR) is 119 cm³/mol. The van der Waals surface area contributed by atoms with Gasteiger partial charge in [0.15, 0.2) is 12.4 Å². The van der Waals surface area contributed by atoms with Crippen molar-refractivity contribution in [3.05, 3.63) is 65.2 Å². The Morgan fingerprint density at radius 3 is 2.32 bits per heavy atom. The van der Waals surface area contributed by atoms with E-state index >= 15 is 0 Å². The Hall–Kier alpha value is -2.72. The number of carbonyl (C=O) groups is 2. The quantitative estimate of drug-likeness (QED) is 0.395. The molecule has 0 radical (unpaired) electrons. The molecule has 0 unspecified atom stereocenters. The van der Waals surface area contributed by atoms with Crippen molar-refractivity contribution in [2.75, 3.05) is 13.2 Å². The van der Waals surface area contributed by atoms with E-state index in [4.69, 9.17) is 4.74 Å². The summed E-state index contributed by atoms with van der Waals surface area (Å²) in [4.78, 5) is 23.6. The van der Waals surface area contributed by atoms with Crippen LogP contribution in [0.1, 0.15) is 65.9 Å². The molecule has 0 spiro atoms. The third-order valence-corrected chi connectivity index (χ3v) is 7.23. The molecule has 34 heavy (non-hydrogen) atoms. The Labute approximate surface area is 196 Å². The third kappa shape index (κ3) is 7.14. The lowest BCUT2D eigenvalue weighted by atomic mass is 9.84. The number of hydrogen-bond acceptors (Lipinski definition) is 5. The van der Waals surface area contributed by atoms with Crippen LogP contribution in [0.25, 0.3) is 0 Å². The maximum Gasteiger partial charge on any atom is 0.416 e. The Kier molecular flexibility index (Phi) is 8.48. The maximum atomic E-state index is 12.8. The van der Waals surface area contributed by atoms with E-state index in [0.29, 0.717) is 17.5 Å². The molecule has 1 N–H and O–H groups in total. The topological polar surface area (TPSA) is 89.5 Å². The molecule has 184 valence electrons. The summed E-state index contributed by atoms with van der Waals surface area (Å²) >= 11 is 0. The van der Waals surface area contributed by atoms with Gasteiger partial charge in [0.1, 0.15) is 0 Å². The van der Waals surface area contributed by atoms with E-state index in [9.17, 15) is 31.2 Å². The lowest BCUT2D eigenvalue weighted by Crippen LogP contribution is -2.27. The highest BCUT2D eigenvalue weighted by atomic mass is 32.2. The number of ether oxygens (including phenoxy) is 1. The number of sulfonamides is 1. The first kappa shape index (κ1) is 25.9. The molecule has 0 aromatic heterocycles. The second-order valence-electron chi connectivity index (χ2n) is 8.21. The van der Waals surface area contributed by atoms with E-state index in [1.807, 2.05) is 12.1 Å². The molecule has 1 saturated carbocycles. The highest BCUT2D eigenvalue weighted by Gasteiger charge is 2.31. The van der Waals surface area contributed by atoms with Gasteiger partial charge in [-0.1, -0.05) is 49.6 Å². The number of nitrogens with one attached hydrogen (secondary N) is 1. The highest BCUT2D eigenvalue weighted by molar-refractivity contribution is 7.89. The van der Waals surface area contributed by atoms with Gasteiger partial charge in [0, 0.05) is 12.1 Å². The van der Waals surface area contributed by atoms with Crippen LogP contribution in [0, 0.1) is 0 Å². The number of carbonyl (C=O) groups excluding carboxylic acids is 2. The SMILES string of the molecule is O=C(CCNS(=O)(=O)c1cccc(C(F)(F)F)c1)OCC(=O)c1ccc(C2CCCCC2)cc1. The Morgan fingerprint density at radius 2 is 1.68 bits per heavy atom. The van der Waals surface area contributed by atoms with Crippen LogP contribution >= 0.6 is 0 Å². The van der Waals surface area contributed by atoms with E-state index in [1.54, 1.807) is 12.1 Å². The van der Waals surface area contributed by atoms with Crippen LogP contribution in [0.2, 0.25) is 0 Å². The highest BCUT2D eigenvalue weighted by Crippen LogP contribution is 2.32. The van der Waals surface area contributed by atoms with Gasteiger partial charge in [-0.05, 0) is 42.5 Å². The molecule has 0 aliphatic heterocycles. The van der Waals surface area contributed by atoms with E-state index in [1.165, 1.54) is 24.8 Å². The van der Waals surface area contributed by atoms with Crippen LogP contribution in [0.5, 0.6) is 0 Å². The van der Waals surface area contributed by atoms with Crippen LogP contribution in [-0.4, -0.2) is 33.3 Å². The van der Waals surface area contributed by atoms with Gasteiger partial charge < -0.3 is 4.74 Å². The third-order valence-electron chi connectivity index (χ3n) is 5.77. The molecule has 3 rings (SSSR count). The minimum atomic E-state index is -4.68. The molecule has 2 aromatic carbocycles. The Bertz CT molecular complexity index is 1110. The largest absolute Gasteiger partial charge is 0.457 e. The fourth-order valence-corrected chi connectivity index (χ4v) is 4.97. The molecule has 0 bridgehead atoms. The van der Waals surface area contributed by atoms with Crippen molar-refractivity contribution in [2.45, 2.75) is 55.5 Å². The number of rotatable bonds is 9. The van der Waals surface area contributed by atoms with Crippen molar-refractivity contribution in [3.8, 4) is 0 Å². The van der Waals surface area contributed by atoms with Gasteiger partial charge in [0.05, 0.1) is 16.9 Å². The first-order valence-corrected chi connectivity index (χ1v) is 12.5. The number of halogens is 3. The molecule has 10 heteroatoms. The fourth-order valence-electron chi connectivity index (χ4n) is 3.89. The van der Waals surface area contributed by atoms with Crippen molar-refractivity contribution in [3.63, 3.8) is 0 Å². The van der Waals surface area contributed by atoms with Gasteiger partial charge in [0.25, 0.3) is 0 Å². The van der Waals surface area contributed by atoms with Crippen molar-refractivity contribution < 1.29 is 35.9 Å². The van der Waals surface area contributed by atoms with Crippen LogP contribution in [-0.2, 0) is 25.7 Å². The first-order chi connectivity index (χ1) is 16.1. The average molecular weight is 498 g/mol. The lowest BCUT2D eigenvalue weighted by Gasteiger charge is -2.22. The van der Waals surface area contributed by atoms with Gasteiger partial charge in [-0.15, -0.1) is 0 Å². The van der Waals surface area contributed by atoms with E-state index in [-0.39, 0.29) is 18.7 Å². The zero-order valence-electron chi connectivity index (χ0n) is 18.4. The molecular formula is C24H26F3NO5S. The monoisotopic (exact) mass is 497 g/mol. The van der Waals surface area contributed by atoms with Gasteiger partial charge >= 0.3 is 12.1 Å². The summed E-state index contributed by atoms with van der Waals surface area (Å²) in [5.41, 5.74) is 0.513. The molecule has 6 nitrogen and oxygen atoms in total. The number of alkyl halides is 3. The minimum Gasteiger partial charge on any atom is -0.457 e. The second kappa shape index (κ2) is 11.1. The molecule has 2 aromatic rings. The van der Waals surface area contributed by atoms with Gasteiger partial charge in [-0.2, -0.15) is 13.2 Å². The molecule has 0 atom stereocenters.